The summed E-state index contributed by atoms with van der Waals surface area (Å²) in [6.45, 7) is 4.17. The Hall–Kier alpha value is -0.480. The van der Waals surface area contributed by atoms with Crippen LogP contribution in [0.15, 0.2) is 6.20 Å². The van der Waals surface area contributed by atoms with Crippen LogP contribution in [0.25, 0.3) is 0 Å². The van der Waals surface area contributed by atoms with E-state index in [9.17, 15) is 0 Å². The Labute approximate surface area is 102 Å². The van der Waals surface area contributed by atoms with Crippen molar-refractivity contribution in [3.8, 4) is 0 Å². The van der Waals surface area contributed by atoms with Gasteiger partial charge in [-0.25, -0.2) is 0 Å². The van der Waals surface area contributed by atoms with Crippen LogP contribution in [0, 0.1) is 12.8 Å². The molecule has 0 spiro atoms. The first kappa shape index (κ1) is 12.0. The van der Waals surface area contributed by atoms with Crippen LogP contribution in [0.2, 0.25) is 0 Å². The maximum Gasteiger partial charge on any atom is 0.0537 e. The highest BCUT2D eigenvalue weighted by atomic mass is 32.2. The molecule has 4 heteroatoms. The van der Waals surface area contributed by atoms with Crippen LogP contribution in [0.1, 0.15) is 24.1 Å². The molecular formula is C12H21N3S. The summed E-state index contributed by atoms with van der Waals surface area (Å²) in [5.41, 5.74) is 2.58. The van der Waals surface area contributed by atoms with Gasteiger partial charge in [0.25, 0.3) is 0 Å². The van der Waals surface area contributed by atoms with Gasteiger partial charge in [-0.1, -0.05) is 0 Å². The number of aryl methyl sites for hydroxylation is 1. The third kappa shape index (κ3) is 3.52. The number of aromatic nitrogens is 2. The number of thioether (sulfide) groups is 1. The molecule has 0 aromatic carbocycles. The second-order valence-electron chi connectivity index (χ2n) is 4.57. The Morgan fingerprint density at radius 2 is 2.38 bits per heavy atom. The number of nitrogens with one attached hydrogen (secondary N) is 1. The molecule has 0 saturated heterocycles. The fraction of sp³-hybridized carbons (Fsp3) is 0.750. The normalized spacial score (nSPS) is 15.6. The lowest BCUT2D eigenvalue weighted by Crippen LogP contribution is -2.17. The van der Waals surface area contributed by atoms with E-state index in [1.54, 1.807) is 0 Å². The molecule has 1 fully saturated rings. The lowest BCUT2D eigenvalue weighted by molar-refractivity contribution is 0.713. The van der Waals surface area contributed by atoms with Crippen molar-refractivity contribution in [2.45, 2.75) is 26.3 Å². The fourth-order valence-electron chi connectivity index (χ4n) is 1.62. The lowest BCUT2D eigenvalue weighted by atomic mass is 10.2. The van der Waals surface area contributed by atoms with Gasteiger partial charge in [-0.2, -0.15) is 16.9 Å². The van der Waals surface area contributed by atoms with Crippen LogP contribution < -0.4 is 5.32 Å². The Bertz CT molecular complexity index is 331. The quantitative estimate of drug-likeness (QED) is 0.738. The van der Waals surface area contributed by atoms with E-state index >= 15 is 0 Å². The highest BCUT2D eigenvalue weighted by molar-refractivity contribution is 7.99. The molecule has 1 aromatic rings. The molecule has 3 nitrogen and oxygen atoms in total. The zero-order chi connectivity index (χ0) is 11.4. The van der Waals surface area contributed by atoms with Crippen LogP contribution in [-0.4, -0.2) is 27.8 Å². The molecule has 0 atom stereocenters. The monoisotopic (exact) mass is 239 g/mol. The Morgan fingerprint density at radius 3 is 3.00 bits per heavy atom. The summed E-state index contributed by atoms with van der Waals surface area (Å²) in [6.07, 6.45) is 4.89. The summed E-state index contributed by atoms with van der Waals surface area (Å²) in [4.78, 5) is 0. The van der Waals surface area contributed by atoms with Crippen LogP contribution in [0.4, 0.5) is 0 Å². The first-order valence-electron chi connectivity index (χ1n) is 6.03. The van der Waals surface area contributed by atoms with Crippen molar-refractivity contribution in [3.05, 3.63) is 17.5 Å². The standard InChI is InChI=1S/C12H21N3S/c1-10-12(8-14-15(10)2)7-13-5-6-16-9-11-3-4-11/h8,11,13H,3-7,9H2,1-2H3. The van der Waals surface area contributed by atoms with Crippen LogP contribution in [0.3, 0.4) is 0 Å². The average molecular weight is 239 g/mol. The molecule has 16 heavy (non-hydrogen) atoms. The van der Waals surface area contributed by atoms with Crippen molar-refractivity contribution in [3.63, 3.8) is 0 Å². The molecule has 2 rings (SSSR count). The topological polar surface area (TPSA) is 29.9 Å². The predicted octanol–water partition coefficient (Wildman–Crippen LogP) is 1.96. The number of nitrogens with zero attached hydrogens (tertiary/aromatic N) is 2. The van der Waals surface area contributed by atoms with Crippen LogP contribution in [-0.2, 0) is 13.6 Å². The molecule has 1 aliphatic carbocycles. The van der Waals surface area contributed by atoms with Gasteiger partial charge in [0.1, 0.15) is 0 Å². The first-order chi connectivity index (χ1) is 7.77. The first-order valence-corrected chi connectivity index (χ1v) is 7.19. The maximum absolute atomic E-state index is 4.23. The molecule has 0 bridgehead atoms. The van der Waals surface area contributed by atoms with E-state index in [-0.39, 0.29) is 0 Å². The van der Waals surface area contributed by atoms with E-state index in [0.29, 0.717) is 0 Å². The predicted molar refractivity (Wildman–Crippen MR) is 69.7 cm³/mol. The van der Waals surface area contributed by atoms with Crippen molar-refractivity contribution in [1.29, 1.82) is 0 Å². The lowest BCUT2D eigenvalue weighted by Gasteiger charge is -2.04. The van der Waals surface area contributed by atoms with Crippen LogP contribution in [0.5, 0.6) is 0 Å². The summed E-state index contributed by atoms with van der Waals surface area (Å²) >= 11 is 2.09. The largest absolute Gasteiger partial charge is 0.312 e. The minimum absolute atomic E-state index is 0.948. The summed E-state index contributed by atoms with van der Waals surface area (Å²) in [7, 11) is 1.99. The minimum atomic E-state index is 0.948. The van der Waals surface area contributed by atoms with Crippen molar-refractivity contribution in [1.82, 2.24) is 15.1 Å². The Balaban J connectivity index is 1.55. The average Bonchev–Trinajstić information content (AvgIpc) is 3.04. The van der Waals surface area contributed by atoms with Gasteiger partial charge in [0.15, 0.2) is 0 Å². The van der Waals surface area contributed by atoms with Gasteiger partial charge in [-0.15, -0.1) is 0 Å². The van der Waals surface area contributed by atoms with Gasteiger partial charge in [0.2, 0.25) is 0 Å². The molecule has 1 N–H and O–H groups in total. The van der Waals surface area contributed by atoms with Gasteiger partial charge >= 0.3 is 0 Å². The van der Waals surface area contributed by atoms with Crippen LogP contribution >= 0.6 is 11.8 Å². The summed E-state index contributed by atoms with van der Waals surface area (Å²) in [5, 5.41) is 7.71. The number of hydrogen-bond donors (Lipinski definition) is 1. The van der Waals surface area contributed by atoms with Gasteiger partial charge in [0.05, 0.1) is 6.20 Å². The zero-order valence-corrected chi connectivity index (χ0v) is 11.0. The van der Waals surface area contributed by atoms with Gasteiger partial charge in [0, 0.05) is 37.1 Å². The Kier molecular flexibility index (Phi) is 4.29. The van der Waals surface area contributed by atoms with Crippen molar-refractivity contribution >= 4 is 11.8 Å². The smallest absolute Gasteiger partial charge is 0.0537 e. The van der Waals surface area contributed by atoms with E-state index < -0.39 is 0 Å². The third-order valence-corrected chi connectivity index (χ3v) is 4.33. The molecule has 1 aliphatic rings. The summed E-state index contributed by atoms with van der Waals surface area (Å²) < 4.78 is 1.93. The molecule has 1 heterocycles. The molecule has 90 valence electrons. The minimum Gasteiger partial charge on any atom is -0.312 e. The molecular weight excluding hydrogens is 218 g/mol. The summed E-state index contributed by atoms with van der Waals surface area (Å²) in [6, 6.07) is 0. The highest BCUT2D eigenvalue weighted by Gasteiger charge is 2.20. The summed E-state index contributed by atoms with van der Waals surface area (Å²) in [5.74, 6) is 3.65. The van der Waals surface area contributed by atoms with E-state index in [1.165, 1.54) is 35.6 Å². The zero-order valence-electron chi connectivity index (χ0n) is 10.2. The second-order valence-corrected chi connectivity index (χ2v) is 5.72. The van der Waals surface area contributed by atoms with Gasteiger partial charge in [-0.3, -0.25) is 4.68 Å². The third-order valence-electron chi connectivity index (χ3n) is 3.13. The number of rotatable bonds is 7. The maximum atomic E-state index is 4.23. The van der Waals surface area contributed by atoms with E-state index in [2.05, 4.69) is 29.1 Å². The van der Waals surface area contributed by atoms with Crippen molar-refractivity contribution in [2.24, 2.45) is 13.0 Å². The van der Waals surface area contributed by atoms with E-state index in [4.69, 9.17) is 0 Å². The Morgan fingerprint density at radius 1 is 1.56 bits per heavy atom. The highest BCUT2D eigenvalue weighted by Crippen LogP contribution is 2.32. The van der Waals surface area contributed by atoms with Crippen molar-refractivity contribution in [2.75, 3.05) is 18.1 Å². The number of hydrogen-bond acceptors (Lipinski definition) is 3. The molecule has 1 aromatic heterocycles. The molecule has 0 aliphatic heterocycles. The van der Waals surface area contributed by atoms with E-state index in [1.807, 2.05) is 17.9 Å². The van der Waals surface area contributed by atoms with Gasteiger partial charge in [-0.05, 0) is 31.4 Å². The molecule has 1 saturated carbocycles. The second kappa shape index (κ2) is 5.73. The fourth-order valence-corrected chi connectivity index (χ4v) is 2.74. The molecule has 0 unspecified atom stereocenters. The SMILES string of the molecule is Cc1c(CNCCSCC2CC2)cnn1C. The van der Waals surface area contributed by atoms with E-state index in [0.717, 1.165) is 19.0 Å². The molecule has 0 amide bonds. The van der Waals surface area contributed by atoms with Crippen molar-refractivity contribution < 1.29 is 0 Å². The van der Waals surface area contributed by atoms with Gasteiger partial charge < -0.3 is 5.32 Å². The molecule has 0 radical (unpaired) electrons.